The smallest absolute Gasteiger partial charge is 0.369 e. The number of nitrogen functional groups attached to an aromatic ring is 1. The number of hydrogen-bond acceptors (Lipinski definition) is 5. The molecule has 0 aliphatic carbocycles. The number of rotatable bonds is 6. The van der Waals surface area contributed by atoms with Crippen molar-refractivity contribution in [3.63, 3.8) is 0 Å². The number of alkyl halides is 3. The number of nitrogens with one attached hydrogen (secondary N) is 3. The zero-order valence-electron chi connectivity index (χ0n) is 10.8. The second kappa shape index (κ2) is 6.94. The second-order valence-electron chi connectivity index (χ2n) is 3.90. The number of anilines is 2. The van der Waals surface area contributed by atoms with Crippen LogP contribution in [-0.4, -0.2) is 24.0 Å². The van der Waals surface area contributed by atoms with Crippen molar-refractivity contribution >= 4 is 17.5 Å². The van der Waals surface area contributed by atoms with E-state index in [1.54, 1.807) is 6.92 Å². The molecule has 0 saturated heterocycles. The number of halogens is 3. The van der Waals surface area contributed by atoms with Crippen molar-refractivity contribution in [3.8, 4) is 0 Å². The molecule has 0 radical (unpaired) electrons. The van der Waals surface area contributed by atoms with Gasteiger partial charge in [0.1, 0.15) is 11.6 Å². The molecule has 0 bridgehead atoms. The Morgan fingerprint density at radius 1 is 1.35 bits per heavy atom. The first kappa shape index (κ1) is 16.0. The number of hydrazine groups is 1. The summed E-state index contributed by atoms with van der Waals surface area (Å²) in [6.45, 7) is 2.45. The summed E-state index contributed by atoms with van der Waals surface area (Å²) >= 11 is 0. The molecule has 1 aromatic rings. The summed E-state index contributed by atoms with van der Waals surface area (Å²) in [7, 11) is 0. The number of carbonyl (C=O) groups is 1. The van der Waals surface area contributed by atoms with Gasteiger partial charge in [0.2, 0.25) is 5.91 Å². The molecule has 0 spiro atoms. The molecule has 5 N–H and O–H groups in total. The number of aromatic nitrogens is 1. The highest BCUT2D eigenvalue weighted by atomic mass is 19.4. The Bertz CT molecular complexity index is 464. The normalized spacial score (nSPS) is 11.1. The Morgan fingerprint density at radius 2 is 2.00 bits per heavy atom. The van der Waals surface area contributed by atoms with Crippen LogP contribution in [0, 0.1) is 0 Å². The molecule has 1 heterocycles. The molecule has 1 rings (SSSR count). The third-order valence-corrected chi connectivity index (χ3v) is 2.33. The Kier molecular flexibility index (Phi) is 5.56. The zero-order chi connectivity index (χ0) is 15.2. The molecule has 0 fully saturated rings. The molecule has 0 aromatic carbocycles. The topological polar surface area (TPSA) is 92.1 Å². The number of pyridine rings is 1. The van der Waals surface area contributed by atoms with Crippen LogP contribution >= 0.6 is 0 Å². The molecule has 1 amide bonds. The predicted octanol–water partition coefficient (Wildman–Crippen LogP) is 1.32. The fourth-order valence-corrected chi connectivity index (χ4v) is 1.45. The van der Waals surface area contributed by atoms with E-state index in [4.69, 9.17) is 5.84 Å². The van der Waals surface area contributed by atoms with Gasteiger partial charge in [-0.1, -0.05) is 0 Å². The summed E-state index contributed by atoms with van der Waals surface area (Å²) in [5.74, 6) is 4.77. The zero-order valence-corrected chi connectivity index (χ0v) is 10.8. The van der Waals surface area contributed by atoms with Crippen molar-refractivity contribution in [2.75, 3.05) is 23.8 Å². The van der Waals surface area contributed by atoms with E-state index in [1.165, 1.54) is 0 Å². The number of hydrogen-bond donors (Lipinski definition) is 4. The quantitative estimate of drug-likeness (QED) is 0.469. The van der Waals surface area contributed by atoms with Gasteiger partial charge in [-0.3, -0.25) is 4.79 Å². The minimum absolute atomic E-state index is 0.00271. The SMILES string of the molecule is CCNC(=O)CCNc1cc(C(F)(F)F)cc(NN)n1. The van der Waals surface area contributed by atoms with Crippen molar-refractivity contribution < 1.29 is 18.0 Å². The third kappa shape index (κ3) is 4.92. The van der Waals surface area contributed by atoms with Crippen molar-refractivity contribution in [3.05, 3.63) is 17.7 Å². The average Bonchev–Trinajstić information content (AvgIpc) is 2.37. The van der Waals surface area contributed by atoms with Gasteiger partial charge in [-0.05, 0) is 19.1 Å². The third-order valence-electron chi connectivity index (χ3n) is 2.33. The van der Waals surface area contributed by atoms with Crippen LogP contribution in [0.3, 0.4) is 0 Å². The second-order valence-corrected chi connectivity index (χ2v) is 3.90. The van der Waals surface area contributed by atoms with Gasteiger partial charge in [-0.25, -0.2) is 10.8 Å². The summed E-state index contributed by atoms with van der Waals surface area (Å²) in [6.07, 6.45) is -4.36. The van der Waals surface area contributed by atoms with Gasteiger partial charge in [0.25, 0.3) is 0 Å². The van der Waals surface area contributed by atoms with Crippen LogP contribution in [0.1, 0.15) is 18.9 Å². The van der Waals surface area contributed by atoms with Gasteiger partial charge in [0, 0.05) is 19.5 Å². The molecule has 0 aliphatic heterocycles. The van der Waals surface area contributed by atoms with Crippen LogP contribution in [0.15, 0.2) is 12.1 Å². The van der Waals surface area contributed by atoms with Gasteiger partial charge < -0.3 is 16.1 Å². The lowest BCUT2D eigenvalue weighted by molar-refractivity contribution is -0.137. The molecular weight excluding hydrogens is 275 g/mol. The first-order valence-electron chi connectivity index (χ1n) is 5.93. The van der Waals surface area contributed by atoms with Crippen molar-refractivity contribution in [2.24, 2.45) is 5.84 Å². The Hall–Kier alpha value is -2.03. The van der Waals surface area contributed by atoms with Gasteiger partial charge in [0.15, 0.2) is 0 Å². The maximum Gasteiger partial charge on any atom is 0.416 e. The molecule has 112 valence electrons. The molecule has 6 nitrogen and oxygen atoms in total. The number of nitrogens with two attached hydrogens (primary N) is 1. The van der Waals surface area contributed by atoms with E-state index in [0.717, 1.165) is 12.1 Å². The highest BCUT2D eigenvalue weighted by Crippen LogP contribution is 2.31. The van der Waals surface area contributed by atoms with Crippen LogP contribution in [0.5, 0.6) is 0 Å². The highest BCUT2D eigenvalue weighted by molar-refractivity contribution is 5.76. The van der Waals surface area contributed by atoms with Crippen LogP contribution in [0.4, 0.5) is 24.8 Å². The van der Waals surface area contributed by atoms with Crippen LogP contribution < -0.4 is 21.9 Å². The average molecular weight is 291 g/mol. The fraction of sp³-hybridized carbons (Fsp3) is 0.455. The van der Waals surface area contributed by atoms with Gasteiger partial charge in [-0.2, -0.15) is 13.2 Å². The summed E-state index contributed by atoms with van der Waals surface area (Å²) in [5, 5.41) is 5.23. The van der Waals surface area contributed by atoms with Crippen molar-refractivity contribution in [1.29, 1.82) is 0 Å². The van der Waals surface area contributed by atoms with E-state index in [-0.39, 0.29) is 30.5 Å². The van der Waals surface area contributed by atoms with Crippen molar-refractivity contribution in [2.45, 2.75) is 19.5 Å². The molecule has 1 aromatic heterocycles. The summed E-state index contributed by atoms with van der Waals surface area (Å²) in [5.41, 5.74) is 1.19. The summed E-state index contributed by atoms with van der Waals surface area (Å²) in [6, 6.07) is 1.66. The summed E-state index contributed by atoms with van der Waals surface area (Å²) in [4.78, 5) is 15.0. The minimum Gasteiger partial charge on any atom is -0.369 e. The monoisotopic (exact) mass is 291 g/mol. The predicted molar refractivity (Wildman–Crippen MR) is 68.8 cm³/mol. The van der Waals surface area contributed by atoms with Gasteiger partial charge >= 0.3 is 6.18 Å². The van der Waals surface area contributed by atoms with E-state index < -0.39 is 11.7 Å². The maximum atomic E-state index is 12.6. The lowest BCUT2D eigenvalue weighted by atomic mass is 10.2. The number of nitrogens with zero attached hydrogens (tertiary/aromatic N) is 1. The number of carbonyl (C=O) groups excluding carboxylic acids is 1. The highest BCUT2D eigenvalue weighted by Gasteiger charge is 2.31. The maximum absolute atomic E-state index is 12.6. The van der Waals surface area contributed by atoms with Gasteiger partial charge in [0.05, 0.1) is 5.56 Å². The Morgan fingerprint density at radius 3 is 2.55 bits per heavy atom. The number of amides is 1. The molecule has 0 aliphatic rings. The van der Waals surface area contributed by atoms with Crippen LogP contribution in [0.2, 0.25) is 0 Å². The van der Waals surface area contributed by atoms with Gasteiger partial charge in [-0.15, -0.1) is 0 Å². The molecule has 20 heavy (non-hydrogen) atoms. The molecule has 0 unspecified atom stereocenters. The largest absolute Gasteiger partial charge is 0.416 e. The minimum atomic E-state index is -4.50. The van der Waals surface area contributed by atoms with Crippen LogP contribution in [-0.2, 0) is 11.0 Å². The first-order chi connectivity index (χ1) is 9.36. The van der Waals surface area contributed by atoms with E-state index in [1.807, 2.05) is 0 Å². The van der Waals surface area contributed by atoms with Crippen molar-refractivity contribution in [1.82, 2.24) is 10.3 Å². The Balaban J connectivity index is 2.72. The van der Waals surface area contributed by atoms with E-state index in [0.29, 0.717) is 6.54 Å². The van der Waals surface area contributed by atoms with Crippen LogP contribution in [0.25, 0.3) is 0 Å². The van der Waals surface area contributed by atoms with E-state index >= 15 is 0 Å². The fourth-order valence-electron chi connectivity index (χ4n) is 1.45. The molecule has 0 atom stereocenters. The molecule has 9 heteroatoms. The van der Waals surface area contributed by atoms with E-state index in [2.05, 4.69) is 21.0 Å². The molecular formula is C11H16F3N5O. The van der Waals surface area contributed by atoms with E-state index in [9.17, 15) is 18.0 Å². The standard InChI is InChI=1S/C11H16F3N5O/c1-2-16-10(20)3-4-17-8-5-7(11(12,13)14)6-9(18-8)19-15/h5-6H,2-4,15H2,1H3,(H,16,20)(H2,17,18,19). The Labute approximate surface area is 113 Å². The first-order valence-corrected chi connectivity index (χ1v) is 5.93. The summed E-state index contributed by atoms with van der Waals surface area (Å²) < 4.78 is 37.9. The lowest BCUT2D eigenvalue weighted by Crippen LogP contribution is -2.25. The lowest BCUT2D eigenvalue weighted by Gasteiger charge is -2.12. The molecule has 0 saturated carbocycles.